The normalized spacial score (nSPS) is 12.3. The molecule has 0 bridgehead atoms. The number of amides is 1. The van der Waals surface area contributed by atoms with Crippen LogP contribution in [0.3, 0.4) is 0 Å². The van der Waals surface area contributed by atoms with E-state index in [-0.39, 0.29) is 17.6 Å². The Bertz CT molecular complexity index is 506. The van der Waals surface area contributed by atoms with Crippen molar-refractivity contribution in [2.45, 2.75) is 19.4 Å². The van der Waals surface area contributed by atoms with Gasteiger partial charge in [0.05, 0.1) is 12.4 Å². The smallest absolute Gasteiger partial charge is 0.292 e. The summed E-state index contributed by atoms with van der Waals surface area (Å²) in [5.74, 6) is -0.154. The maximum Gasteiger partial charge on any atom is 0.292 e. The van der Waals surface area contributed by atoms with E-state index in [0.29, 0.717) is 13.0 Å². The Kier molecular flexibility index (Phi) is 3.68. The molecule has 0 radical (unpaired) electrons. The van der Waals surface area contributed by atoms with E-state index >= 15 is 0 Å². The average molecular weight is 250 g/mol. The fourth-order valence-electron chi connectivity index (χ4n) is 1.44. The van der Waals surface area contributed by atoms with E-state index in [1.165, 1.54) is 0 Å². The van der Waals surface area contributed by atoms with Gasteiger partial charge in [0, 0.05) is 24.9 Å². The van der Waals surface area contributed by atoms with Crippen molar-refractivity contribution in [1.29, 1.82) is 0 Å². The van der Waals surface area contributed by atoms with Crippen LogP contribution in [0, 0.1) is 0 Å². The number of hydrogen-bond donors (Lipinski definition) is 3. The SMILES string of the molecule is CCNC(=O)c1noc([C@@H](N)Cc2cnc[nH]2)n1. The van der Waals surface area contributed by atoms with E-state index in [0.717, 1.165) is 5.69 Å². The Morgan fingerprint density at radius 2 is 2.50 bits per heavy atom. The van der Waals surface area contributed by atoms with Gasteiger partial charge < -0.3 is 20.6 Å². The van der Waals surface area contributed by atoms with Gasteiger partial charge in [-0.05, 0) is 6.92 Å². The predicted molar refractivity (Wildman–Crippen MR) is 61.5 cm³/mol. The summed E-state index contributed by atoms with van der Waals surface area (Å²) in [6.45, 7) is 2.31. The molecule has 2 heterocycles. The molecular formula is C10H14N6O2. The van der Waals surface area contributed by atoms with Crippen molar-refractivity contribution in [3.8, 4) is 0 Å². The standard InChI is InChI=1S/C10H14N6O2/c1-2-13-9(17)8-15-10(18-16-8)7(11)3-6-4-12-5-14-6/h4-5,7H,2-3,11H2,1H3,(H,12,14)(H,13,17)/t7-/m0/s1. The van der Waals surface area contributed by atoms with Crippen LogP contribution in [0.4, 0.5) is 0 Å². The second-order valence-electron chi connectivity index (χ2n) is 3.70. The third kappa shape index (κ3) is 2.72. The number of nitrogens with zero attached hydrogens (tertiary/aromatic N) is 3. The van der Waals surface area contributed by atoms with Crippen LogP contribution in [0.1, 0.15) is 35.2 Å². The second-order valence-corrected chi connectivity index (χ2v) is 3.70. The number of imidazole rings is 1. The summed E-state index contributed by atoms with van der Waals surface area (Å²) in [5, 5.41) is 6.16. The summed E-state index contributed by atoms with van der Waals surface area (Å²) in [4.78, 5) is 22.2. The van der Waals surface area contributed by atoms with Crippen LogP contribution >= 0.6 is 0 Å². The first kappa shape index (κ1) is 12.2. The first-order valence-electron chi connectivity index (χ1n) is 5.55. The fourth-order valence-corrected chi connectivity index (χ4v) is 1.44. The predicted octanol–water partition coefficient (Wildman–Crippen LogP) is -0.215. The molecule has 0 saturated carbocycles. The molecule has 2 rings (SSSR count). The van der Waals surface area contributed by atoms with Crippen LogP contribution in [-0.2, 0) is 6.42 Å². The maximum absolute atomic E-state index is 11.4. The molecule has 8 nitrogen and oxygen atoms in total. The van der Waals surface area contributed by atoms with Crippen LogP contribution in [0.2, 0.25) is 0 Å². The van der Waals surface area contributed by atoms with E-state index in [2.05, 4.69) is 25.4 Å². The molecule has 0 spiro atoms. The monoisotopic (exact) mass is 250 g/mol. The van der Waals surface area contributed by atoms with Crippen molar-refractivity contribution in [3.05, 3.63) is 29.9 Å². The van der Waals surface area contributed by atoms with Crippen molar-refractivity contribution >= 4 is 5.91 Å². The number of H-pyrrole nitrogens is 1. The van der Waals surface area contributed by atoms with Crippen molar-refractivity contribution in [3.63, 3.8) is 0 Å². The number of carbonyl (C=O) groups is 1. The molecule has 0 aliphatic heterocycles. The molecule has 0 aromatic carbocycles. The molecular weight excluding hydrogens is 236 g/mol. The van der Waals surface area contributed by atoms with E-state index in [1.54, 1.807) is 12.5 Å². The number of hydrogen-bond acceptors (Lipinski definition) is 6. The first-order valence-corrected chi connectivity index (χ1v) is 5.55. The van der Waals surface area contributed by atoms with Crippen molar-refractivity contribution in [2.75, 3.05) is 6.54 Å². The van der Waals surface area contributed by atoms with E-state index in [4.69, 9.17) is 10.3 Å². The van der Waals surface area contributed by atoms with Gasteiger partial charge in [0.25, 0.3) is 11.7 Å². The molecule has 96 valence electrons. The van der Waals surface area contributed by atoms with Crippen LogP contribution in [0.5, 0.6) is 0 Å². The van der Waals surface area contributed by atoms with E-state index in [1.807, 2.05) is 6.92 Å². The third-order valence-electron chi connectivity index (χ3n) is 2.29. The number of aromatic amines is 1. The number of carbonyl (C=O) groups excluding carboxylic acids is 1. The number of rotatable bonds is 5. The Labute approximate surface area is 103 Å². The van der Waals surface area contributed by atoms with Crippen molar-refractivity contribution in [2.24, 2.45) is 5.73 Å². The summed E-state index contributed by atoms with van der Waals surface area (Å²) in [6.07, 6.45) is 3.72. The summed E-state index contributed by atoms with van der Waals surface area (Å²) >= 11 is 0. The fraction of sp³-hybridized carbons (Fsp3) is 0.400. The third-order valence-corrected chi connectivity index (χ3v) is 2.29. The maximum atomic E-state index is 11.4. The molecule has 0 aliphatic carbocycles. The highest BCUT2D eigenvalue weighted by Crippen LogP contribution is 2.12. The highest BCUT2D eigenvalue weighted by molar-refractivity contribution is 5.90. The lowest BCUT2D eigenvalue weighted by molar-refractivity contribution is 0.0942. The van der Waals surface area contributed by atoms with Gasteiger partial charge >= 0.3 is 0 Å². The quantitative estimate of drug-likeness (QED) is 0.674. The van der Waals surface area contributed by atoms with Crippen LogP contribution in [0.25, 0.3) is 0 Å². The van der Waals surface area contributed by atoms with Crippen molar-refractivity contribution < 1.29 is 9.32 Å². The zero-order valence-corrected chi connectivity index (χ0v) is 9.88. The molecule has 0 saturated heterocycles. The topological polar surface area (TPSA) is 123 Å². The molecule has 0 aliphatic rings. The largest absolute Gasteiger partial charge is 0.349 e. The van der Waals surface area contributed by atoms with Gasteiger partial charge in [0.2, 0.25) is 5.89 Å². The van der Waals surface area contributed by atoms with Gasteiger partial charge in [0.1, 0.15) is 0 Å². The lowest BCUT2D eigenvalue weighted by atomic mass is 10.2. The lowest BCUT2D eigenvalue weighted by Gasteiger charge is -2.03. The number of nitrogens with two attached hydrogens (primary N) is 1. The minimum atomic E-state index is -0.471. The van der Waals surface area contributed by atoms with Gasteiger partial charge in [0.15, 0.2) is 0 Å². The Hall–Kier alpha value is -2.22. The molecule has 2 aromatic heterocycles. The van der Waals surface area contributed by atoms with Crippen LogP contribution in [0.15, 0.2) is 17.0 Å². The molecule has 8 heteroatoms. The van der Waals surface area contributed by atoms with Gasteiger partial charge in [-0.3, -0.25) is 4.79 Å². The minimum absolute atomic E-state index is 0.00749. The van der Waals surface area contributed by atoms with Crippen molar-refractivity contribution in [1.82, 2.24) is 25.4 Å². The zero-order valence-electron chi connectivity index (χ0n) is 9.88. The first-order chi connectivity index (χ1) is 8.70. The van der Waals surface area contributed by atoms with Crippen LogP contribution < -0.4 is 11.1 Å². The molecule has 18 heavy (non-hydrogen) atoms. The highest BCUT2D eigenvalue weighted by Gasteiger charge is 2.19. The Morgan fingerprint density at radius 3 is 3.17 bits per heavy atom. The summed E-state index contributed by atoms with van der Waals surface area (Å²) < 4.78 is 4.96. The second kappa shape index (κ2) is 5.41. The Morgan fingerprint density at radius 1 is 1.67 bits per heavy atom. The Balaban J connectivity index is 2.03. The van der Waals surface area contributed by atoms with Gasteiger partial charge in [-0.15, -0.1) is 0 Å². The molecule has 2 aromatic rings. The minimum Gasteiger partial charge on any atom is -0.349 e. The van der Waals surface area contributed by atoms with E-state index in [9.17, 15) is 4.79 Å². The van der Waals surface area contributed by atoms with Gasteiger partial charge in [-0.25, -0.2) is 4.98 Å². The molecule has 0 fully saturated rings. The average Bonchev–Trinajstić information content (AvgIpc) is 2.99. The molecule has 4 N–H and O–H groups in total. The number of nitrogens with one attached hydrogen (secondary N) is 2. The summed E-state index contributed by atoms with van der Waals surface area (Å²) in [7, 11) is 0. The highest BCUT2D eigenvalue weighted by atomic mass is 16.5. The molecule has 1 amide bonds. The molecule has 0 unspecified atom stereocenters. The number of aromatic nitrogens is 4. The summed E-state index contributed by atoms with van der Waals surface area (Å²) in [5.41, 5.74) is 6.76. The van der Waals surface area contributed by atoms with Crippen LogP contribution in [-0.4, -0.2) is 32.6 Å². The van der Waals surface area contributed by atoms with Gasteiger partial charge in [-0.2, -0.15) is 4.98 Å². The van der Waals surface area contributed by atoms with E-state index < -0.39 is 6.04 Å². The lowest BCUT2D eigenvalue weighted by Crippen LogP contribution is -2.24. The summed E-state index contributed by atoms with van der Waals surface area (Å²) in [6, 6.07) is -0.471. The van der Waals surface area contributed by atoms with Gasteiger partial charge in [-0.1, -0.05) is 5.16 Å². The zero-order chi connectivity index (χ0) is 13.0. The molecule has 1 atom stereocenters.